The summed E-state index contributed by atoms with van der Waals surface area (Å²) in [4.78, 5) is 14.8. The van der Waals surface area contributed by atoms with E-state index in [-0.39, 0.29) is 6.09 Å². The minimum Gasteiger partial charge on any atom is -0.445 e. The first kappa shape index (κ1) is 18.6. The Balaban J connectivity index is 1.95. The van der Waals surface area contributed by atoms with E-state index in [1.54, 1.807) is 0 Å². The van der Waals surface area contributed by atoms with E-state index in [2.05, 4.69) is 13.5 Å². The lowest BCUT2D eigenvalue weighted by atomic mass is 10.1. The van der Waals surface area contributed by atoms with Crippen LogP contribution < -0.4 is 0 Å². The van der Waals surface area contributed by atoms with Crippen molar-refractivity contribution in [3.8, 4) is 0 Å². The van der Waals surface area contributed by atoms with Gasteiger partial charge in [0.2, 0.25) is 0 Å². The van der Waals surface area contributed by atoms with E-state index < -0.39 is 0 Å². The molecule has 1 heterocycles. The molecule has 0 aliphatic carbocycles. The molecule has 0 bridgehead atoms. The van der Waals surface area contributed by atoms with Gasteiger partial charge in [0.15, 0.2) is 0 Å². The number of nitrogens with zero attached hydrogens (tertiary/aromatic N) is 1. The Morgan fingerprint density at radius 3 is 2.50 bits per heavy atom. The second kappa shape index (κ2) is 10.2. The molecule has 0 aromatic heterocycles. The third-order valence-corrected chi connectivity index (χ3v) is 4.87. The highest BCUT2D eigenvalue weighted by Crippen LogP contribution is 2.31. The lowest BCUT2D eigenvalue weighted by Crippen LogP contribution is -2.41. The molecule has 3 heteroatoms. The number of hydrogen-bond acceptors (Lipinski definition) is 2. The van der Waals surface area contributed by atoms with Crippen molar-refractivity contribution in [2.45, 2.75) is 77.0 Å². The number of allylic oxidation sites excluding steroid dienone is 1. The summed E-state index contributed by atoms with van der Waals surface area (Å²) in [7, 11) is 0. The highest BCUT2D eigenvalue weighted by atomic mass is 16.6. The van der Waals surface area contributed by atoms with Crippen molar-refractivity contribution in [1.82, 2.24) is 4.90 Å². The summed E-state index contributed by atoms with van der Waals surface area (Å²) in [6, 6.07) is 10.6. The zero-order chi connectivity index (χ0) is 17.2. The molecule has 0 N–H and O–H groups in total. The van der Waals surface area contributed by atoms with Crippen LogP contribution in [0.5, 0.6) is 0 Å². The number of benzene rings is 1. The lowest BCUT2D eigenvalue weighted by molar-refractivity contribution is 0.0745. The van der Waals surface area contributed by atoms with Crippen LogP contribution in [0.25, 0.3) is 0 Å². The molecule has 24 heavy (non-hydrogen) atoms. The molecule has 0 radical (unpaired) electrons. The summed E-state index contributed by atoms with van der Waals surface area (Å²) < 4.78 is 5.63. The van der Waals surface area contributed by atoms with E-state index in [0.717, 1.165) is 44.1 Å². The van der Waals surface area contributed by atoms with Crippen LogP contribution in [0, 0.1) is 0 Å². The quantitative estimate of drug-likeness (QED) is 0.429. The van der Waals surface area contributed by atoms with Gasteiger partial charge in [-0.2, -0.15) is 0 Å². The maximum absolute atomic E-state index is 12.7. The van der Waals surface area contributed by atoms with Crippen LogP contribution >= 0.6 is 0 Å². The third kappa shape index (κ3) is 5.40. The molecule has 2 atom stereocenters. The predicted octanol–water partition coefficient (Wildman–Crippen LogP) is 5.70. The SMILES string of the molecule is C=CCCC[C@H]1CC[C@@H](CCCC)N1C(=O)OCc1ccccc1. The van der Waals surface area contributed by atoms with E-state index >= 15 is 0 Å². The van der Waals surface area contributed by atoms with E-state index in [4.69, 9.17) is 4.74 Å². The maximum Gasteiger partial charge on any atom is 0.410 e. The molecule has 3 nitrogen and oxygen atoms in total. The summed E-state index contributed by atoms with van der Waals surface area (Å²) in [5.41, 5.74) is 1.04. The van der Waals surface area contributed by atoms with Crippen LogP contribution in [0.3, 0.4) is 0 Å². The van der Waals surface area contributed by atoms with Crippen LogP contribution in [0.4, 0.5) is 4.79 Å². The molecule has 0 unspecified atom stereocenters. The van der Waals surface area contributed by atoms with Crippen LogP contribution in [-0.2, 0) is 11.3 Å². The summed E-state index contributed by atoms with van der Waals surface area (Å²) in [5, 5.41) is 0. The molecule has 1 amide bonds. The highest BCUT2D eigenvalue weighted by Gasteiger charge is 2.36. The smallest absolute Gasteiger partial charge is 0.410 e. The summed E-state index contributed by atoms with van der Waals surface area (Å²) >= 11 is 0. The zero-order valence-corrected chi connectivity index (χ0v) is 15.0. The number of ether oxygens (including phenoxy) is 1. The van der Waals surface area contributed by atoms with Gasteiger partial charge in [-0.15, -0.1) is 6.58 Å². The van der Waals surface area contributed by atoms with Crippen molar-refractivity contribution < 1.29 is 9.53 Å². The number of unbranched alkanes of at least 4 members (excludes halogenated alkanes) is 2. The van der Waals surface area contributed by atoms with Crippen molar-refractivity contribution in [1.29, 1.82) is 0 Å². The number of amides is 1. The molecule has 1 aliphatic rings. The molecule has 0 saturated carbocycles. The van der Waals surface area contributed by atoms with E-state index in [9.17, 15) is 4.79 Å². The fraction of sp³-hybridized carbons (Fsp3) is 0.571. The van der Waals surface area contributed by atoms with Gasteiger partial charge in [-0.3, -0.25) is 0 Å². The van der Waals surface area contributed by atoms with Crippen LogP contribution in [-0.4, -0.2) is 23.1 Å². The molecule has 1 aliphatic heterocycles. The average Bonchev–Trinajstić information content (AvgIpc) is 3.02. The van der Waals surface area contributed by atoms with Crippen molar-refractivity contribution in [2.75, 3.05) is 0 Å². The van der Waals surface area contributed by atoms with Gasteiger partial charge in [0.1, 0.15) is 6.61 Å². The summed E-state index contributed by atoms with van der Waals surface area (Å²) in [6.07, 6.45) is 10.6. The van der Waals surface area contributed by atoms with Crippen LogP contribution in [0.15, 0.2) is 43.0 Å². The lowest BCUT2D eigenvalue weighted by Gasteiger charge is -2.30. The van der Waals surface area contributed by atoms with Crippen molar-refractivity contribution in [3.63, 3.8) is 0 Å². The first-order valence-corrected chi connectivity index (χ1v) is 9.36. The molecular weight excluding hydrogens is 298 g/mol. The van der Waals surface area contributed by atoms with Crippen LogP contribution in [0.1, 0.15) is 63.9 Å². The molecule has 1 aromatic rings. The van der Waals surface area contributed by atoms with Gasteiger partial charge in [0.25, 0.3) is 0 Å². The Bertz CT molecular complexity index is 500. The second-order valence-electron chi connectivity index (χ2n) is 6.69. The second-order valence-corrected chi connectivity index (χ2v) is 6.69. The summed E-state index contributed by atoms with van der Waals surface area (Å²) in [5.74, 6) is 0. The minimum atomic E-state index is -0.138. The Morgan fingerprint density at radius 2 is 1.88 bits per heavy atom. The third-order valence-electron chi connectivity index (χ3n) is 4.87. The fourth-order valence-electron chi connectivity index (χ4n) is 3.56. The number of rotatable bonds is 9. The number of carbonyl (C=O) groups excluding carboxylic acids is 1. The maximum atomic E-state index is 12.7. The predicted molar refractivity (Wildman–Crippen MR) is 98.8 cm³/mol. The average molecular weight is 329 g/mol. The van der Waals surface area contributed by atoms with E-state index in [1.165, 1.54) is 12.8 Å². The first-order valence-electron chi connectivity index (χ1n) is 9.36. The number of hydrogen-bond donors (Lipinski definition) is 0. The van der Waals surface area contributed by atoms with Gasteiger partial charge in [-0.05, 0) is 44.1 Å². The van der Waals surface area contributed by atoms with Gasteiger partial charge in [-0.25, -0.2) is 4.79 Å². The molecule has 1 aromatic carbocycles. The van der Waals surface area contributed by atoms with Crippen LogP contribution in [0.2, 0.25) is 0 Å². The molecule has 2 rings (SSSR count). The van der Waals surface area contributed by atoms with Crippen molar-refractivity contribution in [2.24, 2.45) is 0 Å². The molecule has 1 fully saturated rings. The van der Waals surface area contributed by atoms with Gasteiger partial charge >= 0.3 is 6.09 Å². The van der Waals surface area contributed by atoms with E-state index in [0.29, 0.717) is 18.7 Å². The van der Waals surface area contributed by atoms with E-state index in [1.807, 2.05) is 41.3 Å². The van der Waals surface area contributed by atoms with Crippen molar-refractivity contribution in [3.05, 3.63) is 48.6 Å². The van der Waals surface area contributed by atoms with Crippen molar-refractivity contribution >= 4 is 6.09 Å². The fourth-order valence-corrected chi connectivity index (χ4v) is 3.56. The topological polar surface area (TPSA) is 29.5 Å². The molecule has 0 spiro atoms. The molecule has 1 saturated heterocycles. The normalized spacial score (nSPS) is 20.1. The van der Waals surface area contributed by atoms with Gasteiger partial charge in [-0.1, -0.05) is 56.2 Å². The zero-order valence-electron chi connectivity index (χ0n) is 15.0. The standard InChI is InChI=1S/C21H31NO2/c1-3-5-8-14-20-16-15-19(13-6-4-2)22(20)21(23)24-17-18-11-9-7-10-12-18/h3,7,9-12,19-20H,1,4-6,8,13-17H2,2H3/t19-,20+/m1/s1. The Hall–Kier alpha value is -1.77. The number of carbonyl (C=O) groups is 1. The Morgan fingerprint density at radius 1 is 1.21 bits per heavy atom. The summed E-state index contributed by atoms with van der Waals surface area (Å²) in [6.45, 7) is 6.35. The molecular formula is C21H31NO2. The van der Waals surface area contributed by atoms with Gasteiger partial charge in [0, 0.05) is 12.1 Å². The first-order chi connectivity index (χ1) is 11.8. The highest BCUT2D eigenvalue weighted by molar-refractivity contribution is 5.69. The Labute approximate surface area is 146 Å². The number of likely N-dealkylation sites (tertiary alicyclic amines) is 1. The largest absolute Gasteiger partial charge is 0.445 e. The van der Waals surface area contributed by atoms with Gasteiger partial charge in [0.05, 0.1) is 0 Å². The van der Waals surface area contributed by atoms with Gasteiger partial charge < -0.3 is 9.64 Å². The monoisotopic (exact) mass is 329 g/mol. The Kier molecular flexibility index (Phi) is 7.87. The molecule has 132 valence electrons. The minimum absolute atomic E-state index is 0.138.